The molecular weight excluding hydrogens is 381 g/mol. The van der Waals surface area contributed by atoms with Crippen LogP contribution in [-0.4, -0.2) is 25.1 Å². The van der Waals surface area contributed by atoms with Gasteiger partial charge in [0.2, 0.25) is 0 Å². The van der Waals surface area contributed by atoms with Crippen molar-refractivity contribution in [3.05, 3.63) is 77.4 Å². The van der Waals surface area contributed by atoms with Crippen LogP contribution in [0.2, 0.25) is 0 Å². The van der Waals surface area contributed by atoms with Gasteiger partial charge in [-0.3, -0.25) is 0 Å². The Morgan fingerprint density at radius 2 is 1.59 bits per heavy atom. The van der Waals surface area contributed by atoms with Crippen LogP contribution in [0.4, 0.5) is 18.0 Å². The molecule has 0 saturated carbocycles. The van der Waals surface area contributed by atoms with E-state index in [1.807, 2.05) is 36.4 Å². The normalized spacial score (nSPS) is 11.3. The van der Waals surface area contributed by atoms with Crippen LogP contribution in [0.15, 0.2) is 60.7 Å². The molecule has 7 heteroatoms. The van der Waals surface area contributed by atoms with Crippen molar-refractivity contribution >= 4 is 16.8 Å². The van der Waals surface area contributed by atoms with Crippen LogP contribution in [0, 0.1) is 0 Å². The lowest BCUT2D eigenvalue weighted by Crippen LogP contribution is -2.36. The highest BCUT2D eigenvalue weighted by Crippen LogP contribution is 2.29. The van der Waals surface area contributed by atoms with Crippen LogP contribution in [0.25, 0.3) is 10.8 Å². The van der Waals surface area contributed by atoms with Crippen LogP contribution in [0.1, 0.15) is 16.7 Å². The molecule has 0 aliphatic rings. The molecule has 0 aliphatic carbocycles. The number of amides is 2. The minimum Gasteiger partial charge on any atom is -0.497 e. The van der Waals surface area contributed by atoms with E-state index in [0.717, 1.165) is 34.2 Å². The van der Waals surface area contributed by atoms with E-state index in [9.17, 15) is 18.0 Å². The molecule has 0 aromatic heterocycles. The fraction of sp³-hybridized carbons (Fsp3) is 0.227. The smallest absolute Gasteiger partial charge is 0.416 e. The molecule has 29 heavy (non-hydrogen) atoms. The summed E-state index contributed by atoms with van der Waals surface area (Å²) in [6.07, 6.45) is -4.37. The van der Waals surface area contributed by atoms with Crippen LogP contribution in [0.3, 0.4) is 0 Å². The van der Waals surface area contributed by atoms with Crippen molar-refractivity contribution in [2.75, 3.05) is 14.2 Å². The van der Waals surface area contributed by atoms with Crippen molar-refractivity contribution in [2.24, 2.45) is 0 Å². The third-order valence-electron chi connectivity index (χ3n) is 4.60. The average molecular weight is 402 g/mol. The number of halogens is 3. The molecule has 3 rings (SSSR count). The van der Waals surface area contributed by atoms with Gasteiger partial charge in [-0.05, 0) is 52.2 Å². The van der Waals surface area contributed by atoms with Gasteiger partial charge in [0.05, 0.1) is 12.7 Å². The molecule has 0 heterocycles. The van der Waals surface area contributed by atoms with E-state index in [2.05, 4.69) is 5.32 Å². The van der Waals surface area contributed by atoms with Gasteiger partial charge < -0.3 is 15.0 Å². The standard InChI is InChI=1S/C22H21F3N2O2/c1-27(14-15-4-8-19(9-5-15)22(23,24)25)21(28)26-13-16-3-6-18-12-20(29-2)10-7-17(18)11-16/h3-12H,13-14H2,1-2H3,(H,26,28). The lowest BCUT2D eigenvalue weighted by atomic mass is 10.1. The number of fused-ring (bicyclic) bond motifs is 1. The van der Waals surface area contributed by atoms with E-state index >= 15 is 0 Å². The Kier molecular flexibility index (Phi) is 5.96. The first-order chi connectivity index (χ1) is 13.8. The predicted octanol–water partition coefficient (Wildman–Crippen LogP) is 5.21. The first-order valence-corrected chi connectivity index (χ1v) is 8.98. The maximum absolute atomic E-state index is 12.6. The second-order valence-corrected chi connectivity index (χ2v) is 6.76. The summed E-state index contributed by atoms with van der Waals surface area (Å²) in [5.74, 6) is 0.781. The lowest BCUT2D eigenvalue weighted by molar-refractivity contribution is -0.137. The highest BCUT2D eigenvalue weighted by molar-refractivity contribution is 5.84. The SMILES string of the molecule is COc1ccc2cc(CNC(=O)N(C)Cc3ccc(C(F)(F)F)cc3)ccc2c1. The van der Waals surface area contributed by atoms with Gasteiger partial charge >= 0.3 is 12.2 Å². The number of alkyl halides is 3. The van der Waals surface area contributed by atoms with Crippen molar-refractivity contribution < 1.29 is 22.7 Å². The summed E-state index contributed by atoms with van der Waals surface area (Å²) in [4.78, 5) is 13.7. The number of hydrogen-bond acceptors (Lipinski definition) is 2. The number of carbonyl (C=O) groups is 1. The topological polar surface area (TPSA) is 41.6 Å². The summed E-state index contributed by atoms with van der Waals surface area (Å²) < 4.78 is 43.1. The molecule has 0 fully saturated rings. The Bertz CT molecular complexity index is 1000. The van der Waals surface area contributed by atoms with Crippen molar-refractivity contribution in [1.82, 2.24) is 10.2 Å². The van der Waals surface area contributed by atoms with Gasteiger partial charge in [-0.1, -0.05) is 30.3 Å². The largest absolute Gasteiger partial charge is 0.497 e. The monoisotopic (exact) mass is 402 g/mol. The van der Waals surface area contributed by atoms with Gasteiger partial charge in [0.15, 0.2) is 0 Å². The van der Waals surface area contributed by atoms with Crippen LogP contribution in [0.5, 0.6) is 5.75 Å². The zero-order valence-electron chi connectivity index (χ0n) is 16.1. The van der Waals surface area contributed by atoms with Crippen LogP contribution in [-0.2, 0) is 19.3 Å². The van der Waals surface area contributed by atoms with Crippen molar-refractivity contribution in [2.45, 2.75) is 19.3 Å². The van der Waals surface area contributed by atoms with Gasteiger partial charge in [-0.2, -0.15) is 13.2 Å². The van der Waals surface area contributed by atoms with Gasteiger partial charge in [0.25, 0.3) is 0 Å². The van der Waals surface area contributed by atoms with E-state index in [1.165, 1.54) is 17.0 Å². The molecule has 0 spiro atoms. The van der Waals surface area contributed by atoms with Crippen molar-refractivity contribution in [1.29, 1.82) is 0 Å². The predicted molar refractivity (Wildman–Crippen MR) is 106 cm³/mol. The molecule has 3 aromatic carbocycles. The summed E-state index contributed by atoms with van der Waals surface area (Å²) in [7, 11) is 3.21. The zero-order chi connectivity index (χ0) is 21.0. The lowest BCUT2D eigenvalue weighted by Gasteiger charge is -2.18. The van der Waals surface area contributed by atoms with Gasteiger partial charge in [0, 0.05) is 20.1 Å². The second-order valence-electron chi connectivity index (χ2n) is 6.76. The Morgan fingerprint density at radius 3 is 2.24 bits per heavy atom. The Hall–Kier alpha value is -3.22. The van der Waals surface area contributed by atoms with Crippen molar-refractivity contribution in [3.8, 4) is 5.75 Å². The molecule has 2 amide bonds. The number of carbonyl (C=O) groups excluding carboxylic acids is 1. The van der Waals surface area contributed by atoms with Crippen LogP contribution >= 0.6 is 0 Å². The first kappa shape index (κ1) is 20.5. The summed E-state index contributed by atoms with van der Waals surface area (Å²) >= 11 is 0. The van der Waals surface area contributed by atoms with Gasteiger partial charge in [-0.25, -0.2) is 4.79 Å². The molecule has 0 aliphatic heterocycles. The summed E-state index contributed by atoms with van der Waals surface area (Å²) in [5, 5.41) is 4.90. The van der Waals surface area contributed by atoms with E-state index in [-0.39, 0.29) is 12.6 Å². The number of nitrogens with zero attached hydrogens (tertiary/aromatic N) is 1. The average Bonchev–Trinajstić information content (AvgIpc) is 2.71. The molecule has 3 aromatic rings. The zero-order valence-corrected chi connectivity index (χ0v) is 16.1. The minimum atomic E-state index is -4.37. The molecule has 4 nitrogen and oxygen atoms in total. The molecule has 1 N–H and O–H groups in total. The van der Waals surface area contributed by atoms with E-state index in [1.54, 1.807) is 14.2 Å². The fourth-order valence-corrected chi connectivity index (χ4v) is 2.97. The third-order valence-corrected chi connectivity index (χ3v) is 4.60. The third kappa shape index (κ3) is 5.19. The molecule has 0 unspecified atom stereocenters. The minimum absolute atomic E-state index is 0.210. The maximum Gasteiger partial charge on any atom is 0.416 e. The van der Waals surface area contributed by atoms with Gasteiger partial charge in [-0.15, -0.1) is 0 Å². The molecule has 0 bridgehead atoms. The van der Waals surface area contributed by atoms with Crippen LogP contribution < -0.4 is 10.1 Å². The molecule has 0 saturated heterocycles. The second kappa shape index (κ2) is 8.43. The Balaban J connectivity index is 1.57. The maximum atomic E-state index is 12.6. The summed E-state index contributed by atoms with van der Waals surface area (Å²) in [6, 6.07) is 16.1. The number of urea groups is 1. The van der Waals surface area contributed by atoms with E-state index in [0.29, 0.717) is 12.1 Å². The highest BCUT2D eigenvalue weighted by atomic mass is 19.4. The quantitative estimate of drug-likeness (QED) is 0.637. The Morgan fingerprint density at radius 1 is 0.966 bits per heavy atom. The summed E-state index contributed by atoms with van der Waals surface area (Å²) in [5.41, 5.74) is 0.858. The number of nitrogens with one attached hydrogen (secondary N) is 1. The number of hydrogen-bond donors (Lipinski definition) is 1. The Labute approximate surface area is 166 Å². The number of methoxy groups -OCH3 is 1. The van der Waals surface area contributed by atoms with Crippen molar-refractivity contribution in [3.63, 3.8) is 0 Å². The summed E-state index contributed by atoms with van der Waals surface area (Å²) in [6.45, 7) is 0.555. The number of ether oxygens (including phenoxy) is 1. The molecule has 0 radical (unpaired) electrons. The van der Waals surface area contributed by atoms with E-state index in [4.69, 9.17) is 4.74 Å². The number of benzene rings is 3. The van der Waals surface area contributed by atoms with E-state index < -0.39 is 11.7 Å². The first-order valence-electron chi connectivity index (χ1n) is 8.98. The number of rotatable bonds is 5. The fourth-order valence-electron chi connectivity index (χ4n) is 2.97. The molecule has 152 valence electrons. The highest BCUT2D eigenvalue weighted by Gasteiger charge is 2.29. The van der Waals surface area contributed by atoms with Gasteiger partial charge in [0.1, 0.15) is 5.75 Å². The molecule has 0 atom stereocenters. The molecular formula is C22H21F3N2O2.